The van der Waals surface area contributed by atoms with Gasteiger partial charge < -0.3 is 10.2 Å². The van der Waals surface area contributed by atoms with Gasteiger partial charge in [-0.25, -0.2) is 0 Å². The number of carbonyl (C=O) groups excluding carboxylic acids is 1. The molecular weight excluding hydrogens is 346 g/mol. The van der Waals surface area contributed by atoms with E-state index in [0.29, 0.717) is 21.8 Å². The molecule has 26 heavy (non-hydrogen) atoms. The van der Waals surface area contributed by atoms with Crippen molar-refractivity contribution in [2.24, 2.45) is 0 Å². The number of anilines is 2. The number of nitrogens with zero attached hydrogens (tertiary/aromatic N) is 2. The number of rotatable bonds is 4. The summed E-state index contributed by atoms with van der Waals surface area (Å²) in [5.41, 5.74) is 2.96. The molecule has 0 aromatic heterocycles. The zero-order valence-electron chi connectivity index (χ0n) is 14.4. The summed E-state index contributed by atoms with van der Waals surface area (Å²) in [4.78, 5) is 14.7. The van der Waals surface area contributed by atoms with E-state index >= 15 is 0 Å². The molecule has 1 N–H and O–H groups in total. The van der Waals surface area contributed by atoms with Crippen LogP contribution in [0.4, 0.5) is 11.4 Å². The number of amides is 1. The van der Waals surface area contributed by atoms with E-state index < -0.39 is 0 Å². The maximum absolute atomic E-state index is 12.4. The number of hydrogen-bond acceptors (Lipinski definition) is 3. The van der Waals surface area contributed by atoms with Gasteiger partial charge in [-0.2, -0.15) is 5.26 Å². The van der Waals surface area contributed by atoms with E-state index in [1.807, 2.05) is 18.2 Å². The van der Waals surface area contributed by atoms with Crippen molar-refractivity contribution in [1.29, 1.82) is 5.26 Å². The van der Waals surface area contributed by atoms with E-state index in [-0.39, 0.29) is 5.91 Å². The molecule has 0 spiro atoms. The van der Waals surface area contributed by atoms with Gasteiger partial charge in [0.1, 0.15) is 0 Å². The molecule has 1 aliphatic heterocycles. The fourth-order valence-corrected chi connectivity index (χ4v) is 3.28. The van der Waals surface area contributed by atoms with Crippen LogP contribution in [0.5, 0.6) is 0 Å². The molecule has 3 rings (SSSR count). The number of hydrogen-bond donors (Lipinski definition) is 1. The Morgan fingerprint density at radius 2 is 1.92 bits per heavy atom. The molecule has 5 heteroatoms. The Balaban J connectivity index is 1.77. The lowest BCUT2D eigenvalue weighted by atomic mass is 10.1. The highest BCUT2D eigenvalue weighted by Crippen LogP contribution is 2.31. The Bertz CT molecular complexity index is 864. The topological polar surface area (TPSA) is 56.1 Å². The van der Waals surface area contributed by atoms with Crippen LogP contribution in [-0.2, 0) is 4.79 Å². The lowest BCUT2D eigenvalue weighted by Crippen LogP contribution is -2.30. The second kappa shape index (κ2) is 8.55. The predicted octanol–water partition coefficient (Wildman–Crippen LogP) is 4.85. The van der Waals surface area contributed by atoms with Crippen LogP contribution in [0.1, 0.15) is 30.4 Å². The maximum Gasteiger partial charge on any atom is 0.248 e. The minimum absolute atomic E-state index is 0.252. The minimum atomic E-state index is -0.252. The standard InChI is InChI=1S/C21H20ClN3O/c22-18-9-10-20(25-12-4-1-5-13-25)19(14-18)24-21(26)11-8-16-6-2-3-7-17(16)15-23/h2-3,6-11,14H,1,4-5,12-13H2,(H,24,26)/b11-8+. The van der Waals surface area contributed by atoms with Crippen molar-refractivity contribution in [3.05, 3.63) is 64.7 Å². The van der Waals surface area contributed by atoms with Crippen molar-refractivity contribution < 1.29 is 4.79 Å². The minimum Gasteiger partial charge on any atom is -0.370 e. The summed E-state index contributed by atoms with van der Waals surface area (Å²) in [7, 11) is 0. The Kier molecular flexibility index (Phi) is 5.93. The molecule has 0 atom stereocenters. The molecule has 0 unspecified atom stereocenters. The van der Waals surface area contributed by atoms with Crippen LogP contribution in [0.25, 0.3) is 6.08 Å². The molecule has 0 aliphatic carbocycles. The first-order valence-electron chi connectivity index (χ1n) is 8.70. The number of nitrogens with one attached hydrogen (secondary N) is 1. The molecule has 0 radical (unpaired) electrons. The second-order valence-electron chi connectivity index (χ2n) is 6.23. The normalized spacial score (nSPS) is 14.2. The molecule has 1 saturated heterocycles. The Hall–Kier alpha value is -2.77. The van der Waals surface area contributed by atoms with Gasteiger partial charge in [0.25, 0.3) is 0 Å². The molecular formula is C21H20ClN3O. The van der Waals surface area contributed by atoms with E-state index in [0.717, 1.165) is 31.6 Å². The van der Waals surface area contributed by atoms with Crippen LogP contribution in [0.15, 0.2) is 48.5 Å². The van der Waals surface area contributed by atoms with Crippen molar-refractivity contribution in [2.45, 2.75) is 19.3 Å². The molecule has 4 nitrogen and oxygen atoms in total. The molecule has 1 fully saturated rings. The van der Waals surface area contributed by atoms with E-state index in [2.05, 4.69) is 16.3 Å². The number of carbonyl (C=O) groups is 1. The Morgan fingerprint density at radius 3 is 2.69 bits per heavy atom. The predicted molar refractivity (Wildman–Crippen MR) is 106 cm³/mol. The van der Waals surface area contributed by atoms with Crippen molar-refractivity contribution >= 4 is 35.0 Å². The lowest BCUT2D eigenvalue weighted by Gasteiger charge is -2.30. The third kappa shape index (κ3) is 4.44. The Morgan fingerprint density at radius 1 is 1.15 bits per heavy atom. The highest BCUT2D eigenvalue weighted by Gasteiger charge is 2.15. The summed E-state index contributed by atoms with van der Waals surface area (Å²) in [6, 6.07) is 14.9. The van der Waals surface area contributed by atoms with Gasteiger partial charge in [-0.3, -0.25) is 4.79 Å². The summed E-state index contributed by atoms with van der Waals surface area (Å²) in [5.74, 6) is -0.252. The summed E-state index contributed by atoms with van der Waals surface area (Å²) in [5, 5.41) is 12.6. The van der Waals surface area contributed by atoms with Crippen LogP contribution in [-0.4, -0.2) is 19.0 Å². The SMILES string of the molecule is N#Cc1ccccc1/C=C/C(=O)Nc1cc(Cl)ccc1N1CCCCC1. The van der Waals surface area contributed by atoms with Gasteiger partial charge in [-0.15, -0.1) is 0 Å². The molecule has 0 bridgehead atoms. The molecule has 1 heterocycles. The first kappa shape index (κ1) is 18.0. The first-order valence-corrected chi connectivity index (χ1v) is 9.08. The van der Waals surface area contributed by atoms with Crippen molar-refractivity contribution in [3.63, 3.8) is 0 Å². The lowest BCUT2D eigenvalue weighted by molar-refractivity contribution is -0.111. The molecule has 1 aliphatic rings. The fraction of sp³-hybridized carbons (Fsp3) is 0.238. The van der Waals surface area contributed by atoms with E-state index in [1.165, 1.54) is 12.5 Å². The van der Waals surface area contributed by atoms with Gasteiger partial charge in [0, 0.05) is 24.2 Å². The summed E-state index contributed by atoms with van der Waals surface area (Å²) < 4.78 is 0. The van der Waals surface area contributed by atoms with Gasteiger partial charge in [-0.1, -0.05) is 29.8 Å². The maximum atomic E-state index is 12.4. The van der Waals surface area contributed by atoms with Crippen molar-refractivity contribution in [1.82, 2.24) is 0 Å². The third-order valence-electron chi connectivity index (χ3n) is 4.41. The van der Waals surface area contributed by atoms with Crippen molar-refractivity contribution in [2.75, 3.05) is 23.3 Å². The van der Waals surface area contributed by atoms with Crippen LogP contribution < -0.4 is 10.2 Å². The average Bonchev–Trinajstić information content (AvgIpc) is 2.67. The monoisotopic (exact) mass is 365 g/mol. The van der Waals surface area contributed by atoms with Crippen LogP contribution in [0, 0.1) is 11.3 Å². The average molecular weight is 366 g/mol. The van der Waals surface area contributed by atoms with Crippen LogP contribution in [0.2, 0.25) is 5.02 Å². The number of halogens is 1. The van der Waals surface area contributed by atoms with Gasteiger partial charge in [0.05, 0.1) is 23.0 Å². The van der Waals surface area contributed by atoms with Gasteiger partial charge >= 0.3 is 0 Å². The molecule has 1 amide bonds. The Labute approximate surface area is 158 Å². The van der Waals surface area contributed by atoms with Crippen molar-refractivity contribution in [3.8, 4) is 6.07 Å². The van der Waals surface area contributed by atoms with Gasteiger partial charge in [0.2, 0.25) is 5.91 Å². The number of benzene rings is 2. The third-order valence-corrected chi connectivity index (χ3v) is 4.64. The zero-order chi connectivity index (χ0) is 18.4. The fourth-order valence-electron chi connectivity index (χ4n) is 3.10. The summed E-state index contributed by atoms with van der Waals surface area (Å²) in [6.07, 6.45) is 6.64. The van der Waals surface area contributed by atoms with E-state index in [4.69, 9.17) is 16.9 Å². The highest BCUT2D eigenvalue weighted by molar-refractivity contribution is 6.31. The molecule has 2 aromatic rings. The van der Waals surface area contributed by atoms with Crippen LogP contribution in [0.3, 0.4) is 0 Å². The largest absolute Gasteiger partial charge is 0.370 e. The van der Waals surface area contributed by atoms with Crippen LogP contribution >= 0.6 is 11.6 Å². The second-order valence-corrected chi connectivity index (χ2v) is 6.67. The zero-order valence-corrected chi connectivity index (χ0v) is 15.2. The quantitative estimate of drug-likeness (QED) is 0.787. The summed E-state index contributed by atoms with van der Waals surface area (Å²) >= 11 is 6.13. The molecule has 0 saturated carbocycles. The molecule has 132 valence electrons. The highest BCUT2D eigenvalue weighted by atomic mass is 35.5. The first-order chi connectivity index (χ1) is 12.7. The summed E-state index contributed by atoms with van der Waals surface area (Å²) in [6.45, 7) is 1.96. The number of piperidine rings is 1. The van der Waals surface area contributed by atoms with E-state index in [9.17, 15) is 4.79 Å². The van der Waals surface area contributed by atoms with E-state index in [1.54, 1.807) is 30.3 Å². The smallest absolute Gasteiger partial charge is 0.248 e. The number of nitriles is 1. The van der Waals surface area contributed by atoms with Gasteiger partial charge in [-0.05, 0) is 55.2 Å². The van der Waals surface area contributed by atoms with Gasteiger partial charge in [0.15, 0.2) is 0 Å². The molecule has 2 aromatic carbocycles.